The summed E-state index contributed by atoms with van der Waals surface area (Å²) in [6.07, 6.45) is 0. The largest absolute Gasteiger partial charge is 0.497 e. The van der Waals surface area contributed by atoms with E-state index in [9.17, 15) is 4.39 Å². The number of aliphatic hydroxyl groups excluding tert-OH is 1. The first kappa shape index (κ1) is 14.7. The van der Waals surface area contributed by atoms with Gasteiger partial charge in [0.05, 0.1) is 13.7 Å². The molecule has 3 nitrogen and oxygen atoms in total. The number of halogens is 1. The molecule has 92 valence electrons. The Bertz CT molecular complexity index is 313. The lowest BCUT2D eigenvalue weighted by Crippen LogP contribution is -2.04. The molecule has 0 fully saturated rings. The molecular formula is C12H19FO3. The van der Waals surface area contributed by atoms with Crippen LogP contribution in [0.2, 0.25) is 0 Å². The van der Waals surface area contributed by atoms with Crippen molar-refractivity contribution in [3.05, 3.63) is 23.5 Å². The monoisotopic (exact) mass is 230 g/mol. The smallest absolute Gasteiger partial charge is 0.168 e. The second-order valence-corrected chi connectivity index (χ2v) is 2.83. The van der Waals surface area contributed by atoms with Gasteiger partial charge in [-0.2, -0.15) is 0 Å². The minimum absolute atomic E-state index is 0.0729. The summed E-state index contributed by atoms with van der Waals surface area (Å²) in [7, 11) is 1.50. The Morgan fingerprint density at radius 1 is 1.31 bits per heavy atom. The zero-order chi connectivity index (χ0) is 12.6. The minimum atomic E-state index is -0.417. The Morgan fingerprint density at radius 2 is 1.94 bits per heavy atom. The Hall–Kier alpha value is -1.29. The van der Waals surface area contributed by atoms with Crippen molar-refractivity contribution in [2.45, 2.75) is 20.8 Å². The molecule has 0 aliphatic heterocycles. The second-order valence-electron chi connectivity index (χ2n) is 2.83. The van der Waals surface area contributed by atoms with E-state index < -0.39 is 5.82 Å². The topological polar surface area (TPSA) is 38.7 Å². The van der Waals surface area contributed by atoms with Crippen molar-refractivity contribution in [2.75, 3.05) is 20.3 Å². The molecule has 1 N–H and O–H groups in total. The first-order valence-electron chi connectivity index (χ1n) is 5.27. The number of hydrogen-bond donors (Lipinski definition) is 1. The van der Waals surface area contributed by atoms with Crippen molar-refractivity contribution >= 4 is 0 Å². The average Bonchev–Trinajstić information content (AvgIpc) is 2.33. The lowest BCUT2D eigenvalue weighted by atomic mass is 10.2. The molecule has 0 aliphatic carbocycles. The molecule has 1 rings (SSSR count). The van der Waals surface area contributed by atoms with Crippen LogP contribution in [0, 0.1) is 12.7 Å². The lowest BCUT2D eigenvalue weighted by molar-refractivity contribution is 0.195. The fourth-order valence-corrected chi connectivity index (χ4v) is 1.08. The van der Waals surface area contributed by atoms with E-state index >= 15 is 0 Å². The van der Waals surface area contributed by atoms with E-state index in [0.29, 0.717) is 11.3 Å². The molecule has 0 unspecified atom stereocenters. The van der Waals surface area contributed by atoms with Crippen LogP contribution >= 0.6 is 0 Å². The van der Waals surface area contributed by atoms with Gasteiger partial charge in [0.1, 0.15) is 12.4 Å². The Balaban J connectivity index is 0.00000106. The van der Waals surface area contributed by atoms with Crippen LogP contribution in [0.1, 0.15) is 19.4 Å². The Kier molecular flexibility index (Phi) is 7.29. The summed E-state index contributed by atoms with van der Waals surface area (Å²) in [6, 6.07) is 3.04. The molecule has 0 atom stereocenters. The quantitative estimate of drug-likeness (QED) is 0.863. The van der Waals surface area contributed by atoms with Gasteiger partial charge in [0, 0.05) is 6.07 Å². The summed E-state index contributed by atoms with van der Waals surface area (Å²) in [4.78, 5) is 0. The van der Waals surface area contributed by atoms with Crippen LogP contribution in [-0.2, 0) is 0 Å². The summed E-state index contributed by atoms with van der Waals surface area (Å²) in [6.45, 7) is 5.56. The van der Waals surface area contributed by atoms with Gasteiger partial charge in [-0.05, 0) is 18.6 Å². The van der Waals surface area contributed by atoms with Gasteiger partial charge in [-0.25, -0.2) is 4.39 Å². The van der Waals surface area contributed by atoms with Gasteiger partial charge < -0.3 is 14.6 Å². The van der Waals surface area contributed by atoms with Gasteiger partial charge in [-0.15, -0.1) is 0 Å². The van der Waals surface area contributed by atoms with Gasteiger partial charge >= 0.3 is 0 Å². The molecule has 4 heteroatoms. The van der Waals surface area contributed by atoms with Crippen molar-refractivity contribution in [3.8, 4) is 11.5 Å². The van der Waals surface area contributed by atoms with Crippen LogP contribution in [0.5, 0.6) is 11.5 Å². The molecular weight excluding hydrogens is 211 g/mol. The van der Waals surface area contributed by atoms with Crippen LogP contribution in [0.4, 0.5) is 4.39 Å². The lowest BCUT2D eigenvalue weighted by Gasteiger charge is -2.09. The maximum absolute atomic E-state index is 13.4. The SMILES string of the molecule is CC.COc1cc(C)c(F)c(OCCO)c1. The number of benzene rings is 1. The fraction of sp³-hybridized carbons (Fsp3) is 0.500. The second kappa shape index (κ2) is 7.93. The van der Waals surface area contributed by atoms with Gasteiger partial charge in [0.25, 0.3) is 0 Å². The van der Waals surface area contributed by atoms with E-state index in [1.807, 2.05) is 13.8 Å². The summed E-state index contributed by atoms with van der Waals surface area (Å²) in [5, 5.41) is 8.54. The van der Waals surface area contributed by atoms with E-state index in [-0.39, 0.29) is 19.0 Å². The van der Waals surface area contributed by atoms with Crippen LogP contribution in [0.15, 0.2) is 12.1 Å². The van der Waals surface area contributed by atoms with Crippen LogP contribution in [0.25, 0.3) is 0 Å². The van der Waals surface area contributed by atoms with Crippen molar-refractivity contribution in [1.82, 2.24) is 0 Å². The molecule has 0 saturated carbocycles. The molecule has 0 aliphatic rings. The number of ether oxygens (including phenoxy) is 2. The molecule has 0 amide bonds. The van der Waals surface area contributed by atoms with E-state index in [4.69, 9.17) is 14.6 Å². The van der Waals surface area contributed by atoms with Crippen molar-refractivity contribution in [1.29, 1.82) is 0 Å². The molecule has 0 heterocycles. The third-order valence-corrected chi connectivity index (χ3v) is 1.78. The number of aryl methyl sites for hydroxylation is 1. The summed E-state index contributed by atoms with van der Waals surface area (Å²) < 4.78 is 23.3. The zero-order valence-corrected chi connectivity index (χ0v) is 10.2. The maximum Gasteiger partial charge on any atom is 0.168 e. The predicted molar refractivity (Wildman–Crippen MR) is 61.6 cm³/mol. The maximum atomic E-state index is 13.4. The van der Waals surface area contributed by atoms with Crippen molar-refractivity contribution in [3.63, 3.8) is 0 Å². The normalized spacial score (nSPS) is 9.12. The fourth-order valence-electron chi connectivity index (χ4n) is 1.08. The molecule has 0 aromatic heterocycles. The van der Waals surface area contributed by atoms with E-state index in [1.54, 1.807) is 13.0 Å². The highest BCUT2D eigenvalue weighted by atomic mass is 19.1. The number of methoxy groups -OCH3 is 1. The predicted octanol–water partition coefficient (Wildman–Crippen LogP) is 2.54. The third kappa shape index (κ3) is 4.06. The Labute approximate surface area is 95.8 Å². The van der Waals surface area contributed by atoms with Gasteiger partial charge in [0.15, 0.2) is 11.6 Å². The van der Waals surface area contributed by atoms with Crippen LogP contribution < -0.4 is 9.47 Å². The minimum Gasteiger partial charge on any atom is -0.497 e. The van der Waals surface area contributed by atoms with Gasteiger partial charge in [-0.3, -0.25) is 0 Å². The van der Waals surface area contributed by atoms with Crippen LogP contribution in [0.3, 0.4) is 0 Å². The molecule has 0 bridgehead atoms. The zero-order valence-electron chi connectivity index (χ0n) is 10.2. The van der Waals surface area contributed by atoms with Gasteiger partial charge in [0.2, 0.25) is 0 Å². The number of hydrogen-bond acceptors (Lipinski definition) is 3. The van der Waals surface area contributed by atoms with Crippen LogP contribution in [-0.4, -0.2) is 25.4 Å². The molecule has 0 saturated heterocycles. The Morgan fingerprint density at radius 3 is 2.44 bits per heavy atom. The molecule has 0 spiro atoms. The first-order chi connectivity index (χ1) is 7.69. The average molecular weight is 230 g/mol. The number of rotatable bonds is 4. The number of aliphatic hydroxyl groups is 1. The van der Waals surface area contributed by atoms with E-state index in [2.05, 4.69) is 0 Å². The van der Waals surface area contributed by atoms with E-state index in [0.717, 1.165) is 0 Å². The summed E-state index contributed by atoms with van der Waals surface area (Å²) >= 11 is 0. The molecule has 16 heavy (non-hydrogen) atoms. The highest BCUT2D eigenvalue weighted by Crippen LogP contribution is 2.26. The highest BCUT2D eigenvalue weighted by Gasteiger charge is 2.09. The molecule has 1 aromatic carbocycles. The van der Waals surface area contributed by atoms with Crippen molar-refractivity contribution in [2.24, 2.45) is 0 Å². The van der Waals surface area contributed by atoms with Crippen molar-refractivity contribution < 1.29 is 19.0 Å². The molecule has 0 radical (unpaired) electrons. The third-order valence-electron chi connectivity index (χ3n) is 1.78. The first-order valence-corrected chi connectivity index (χ1v) is 5.27. The summed E-state index contributed by atoms with van der Waals surface area (Å²) in [5.74, 6) is 0.229. The molecule has 1 aromatic rings. The standard InChI is InChI=1S/C10H13FO3.C2H6/c1-7-5-8(13-2)6-9(10(7)11)14-4-3-12;1-2/h5-6,12H,3-4H2,1-2H3;1-2H3. The summed E-state index contributed by atoms with van der Waals surface area (Å²) in [5.41, 5.74) is 0.456. The van der Waals surface area contributed by atoms with Gasteiger partial charge in [-0.1, -0.05) is 13.8 Å². The highest BCUT2D eigenvalue weighted by molar-refractivity contribution is 5.39. The van der Waals surface area contributed by atoms with E-state index in [1.165, 1.54) is 13.2 Å².